The van der Waals surface area contributed by atoms with Crippen LogP contribution in [0.15, 0.2) is 66.7 Å². The number of fused-ring (bicyclic) bond motifs is 1. The quantitative estimate of drug-likeness (QED) is 0.778. The predicted octanol–water partition coefficient (Wildman–Crippen LogP) is 2.87. The maximum atomic E-state index is 12.3. The number of rotatable bonds is 4. The zero-order chi connectivity index (χ0) is 16.2. The van der Waals surface area contributed by atoms with Crippen molar-refractivity contribution in [2.45, 2.75) is 6.54 Å². The van der Waals surface area contributed by atoms with Gasteiger partial charge in [0.15, 0.2) is 0 Å². The van der Waals surface area contributed by atoms with E-state index in [1.165, 1.54) is 0 Å². The maximum absolute atomic E-state index is 12.3. The molecular formula is C19H16N2O2. The third-order valence-corrected chi connectivity index (χ3v) is 3.68. The Hall–Kier alpha value is -3.14. The lowest BCUT2D eigenvalue weighted by molar-refractivity contribution is 0.0950. The summed E-state index contributed by atoms with van der Waals surface area (Å²) < 4.78 is 0. The van der Waals surface area contributed by atoms with Gasteiger partial charge in [0.1, 0.15) is 0 Å². The smallest absolute Gasteiger partial charge is 0.251 e. The molecule has 0 spiro atoms. The van der Waals surface area contributed by atoms with Crippen molar-refractivity contribution in [3.63, 3.8) is 0 Å². The van der Waals surface area contributed by atoms with Crippen molar-refractivity contribution in [2.24, 2.45) is 5.73 Å². The Kier molecular flexibility index (Phi) is 4.06. The van der Waals surface area contributed by atoms with Crippen LogP contribution in [0.4, 0.5) is 0 Å². The Morgan fingerprint density at radius 1 is 0.826 bits per heavy atom. The summed E-state index contributed by atoms with van der Waals surface area (Å²) in [7, 11) is 0. The zero-order valence-electron chi connectivity index (χ0n) is 12.5. The van der Waals surface area contributed by atoms with Crippen molar-refractivity contribution in [2.75, 3.05) is 0 Å². The first kappa shape index (κ1) is 14.8. The minimum atomic E-state index is -0.479. The van der Waals surface area contributed by atoms with E-state index in [1.54, 1.807) is 24.3 Å². The van der Waals surface area contributed by atoms with E-state index in [-0.39, 0.29) is 5.91 Å². The Labute approximate surface area is 133 Å². The minimum Gasteiger partial charge on any atom is -0.366 e. The van der Waals surface area contributed by atoms with Crippen molar-refractivity contribution in [3.05, 3.63) is 83.4 Å². The van der Waals surface area contributed by atoms with Gasteiger partial charge in [-0.1, -0.05) is 42.5 Å². The number of carbonyl (C=O) groups excluding carboxylic acids is 2. The second-order valence-corrected chi connectivity index (χ2v) is 5.31. The van der Waals surface area contributed by atoms with Gasteiger partial charge in [0.05, 0.1) is 0 Å². The molecule has 3 rings (SSSR count). The van der Waals surface area contributed by atoms with Crippen LogP contribution in [0.1, 0.15) is 26.3 Å². The first-order valence-corrected chi connectivity index (χ1v) is 7.29. The molecule has 4 heteroatoms. The van der Waals surface area contributed by atoms with E-state index in [1.807, 2.05) is 42.5 Å². The molecule has 0 aliphatic rings. The summed E-state index contributed by atoms with van der Waals surface area (Å²) in [6.07, 6.45) is 0. The van der Waals surface area contributed by atoms with Crippen molar-refractivity contribution < 1.29 is 9.59 Å². The highest BCUT2D eigenvalue weighted by Crippen LogP contribution is 2.15. The van der Waals surface area contributed by atoms with Gasteiger partial charge >= 0.3 is 0 Å². The van der Waals surface area contributed by atoms with Crippen LogP contribution in [0, 0.1) is 0 Å². The molecule has 0 aliphatic carbocycles. The third-order valence-electron chi connectivity index (χ3n) is 3.68. The second kappa shape index (κ2) is 6.32. The van der Waals surface area contributed by atoms with Crippen molar-refractivity contribution in [1.29, 1.82) is 0 Å². The molecule has 23 heavy (non-hydrogen) atoms. The molecule has 4 nitrogen and oxygen atoms in total. The fourth-order valence-corrected chi connectivity index (χ4v) is 2.45. The van der Waals surface area contributed by atoms with Gasteiger partial charge in [0.25, 0.3) is 5.91 Å². The highest BCUT2D eigenvalue weighted by molar-refractivity contribution is 5.98. The van der Waals surface area contributed by atoms with Crippen LogP contribution in [-0.2, 0) is 6.54 Å². The third kappa shape index (κ3) is 3.37. The molecule has 3 aromatic rings. The van der Waals surface area contributed by atoms with Gasteiger partial charge < -0.3 is 11.1 Å². The molecule has 0 fully saturated rings. The molecule has 0 saturated heterocycles. The van der Waals surface area contributed by atoms with Gasteiger partial charge in [-0.25, -0.2) is 0 Å². The van der Waals surface area contributed by atoms with Gasteiger partial charge in [0, 0.05) is 17.7 Å². The van der Waals surface area contributed by atoms with Crippen LogP contribution >= 0.6 is 0 Å². The molecule has 0 saturated carbocycles. The van der Waals surface area contributed by atoms with Gasteiger partial charge in [-0.15, -0.1) is 0 Å². The van der Waals surface area contributed by atoms with Crippen LogP contribution in [0.5, 0.6) is 0 Å². The molecule has 2 amide bonds. The van der Waals surface area contributed by atoms with Gasteiger partial charge in [-0.2, -0.15) is 0 Å². The van der Waals surface area contributed by atoms with Gasteiger partial charge in [-0.3, -0.25) is 9.59 Å². The average Bonchev–Trinajstić information content (AvgIpc) is 2.59. The summed E-state index contributed by atoms with van der Waals surface area (Å²) in [4.78, 5) is 23.4. The van der Waals surface area contributed by atoms with E-state index < -0.39 is 5.91 Å². The number of primary amides is 1. The monoisotopic (exact) mass is 304 g/mol. The lowest BCUT2D eigenvalue weighted by Crippen LogP contribution is -2.23. The molecule has 0 atom stereocenters. The largest absolute Gasteiger partial charge is 0.366 e. The Morgan fingerprint density at radius 3 is 2.39 bits per heavy atom. The lowest BCUT2D eigenvalue weighted by Gasteiger charge is -2.07. The number of nitrogens with one attached hydrogen (secondary N) is 1. The lowest BCUT2D eigenvalue weighted by atomic mass is 10.1. The van der Waals surface area contributed by atoms with Crippen molar-refractivity contribution in [1.82, 2.24) is 5.32 Å². The van der Waals surface area contributed by atoms with Crippen LogP contribution in [0.2, 0.25) is 0 Å². The van der Waals surface area contributed by atoms with E-state index in [2.05, 4.69) is 5.32 Å². The molecule has 3 aromatic carbocycles. The molecule has 0 aromatic heterocycles. The highest BCUT2D eigenvalue weighted by Gasteiger charge is 2.07. The van der Waals surface area contributed by atoms with Crippen LogP contribution < -0.4 is 11.1 Å². The average molecular weight is 304 g/mol. The molecule has 0 bridgehead atoms. The summed E-state index contributed by atoms with van der Waals surface area (Å²) in [6.45, 7) is 0.340. The normalized spacial score (nSPS) is 10.4. The number of benzene rings is 3. The van der Waals surface area contributed by atoms with Crippen LogP contribution in [0.3, 0.4) is 0 Å². The Balaban J connectivity index is 1.73. The summed E-state index contributed by atoms with van der Waals surface area (Å²) in [5, 5.41) is 4.97. The molecule has 0 unspecified atom stereocenters. The first-order valence-electron chi connectivity index (χ1n) is 7.29. The van der Waals surface area contributed by atoms with Gasteiger partial charge in [0.2, 0.25) is 5.91 Å². The number of hydrogen-bond acceptors (Lipinski definition) is 2. The van der Waals surface area contributed by atoms with Crippen molar-refractivity contribution >= 4 is 22.6 Å². The number of amides is 2. The Morgan fingerprint density at radius 2 is 1.61 bits per heavy atom. The number of carbonyl (C=O) groups is 2. The second-order valence-electron chi connectivity index (χ2n) is 5.31. The first-order chi connectivity index (χ1) is 11.1. The fraction of sp³-hybridized carbons (Fsp3) is 0.0526. The molecule has 3 N–H and O–H groups in total. The van der Waals surface area contributed by atoms with E-state index >= 15 is 0 Å². The molecule has 114 valence electrons. The van der Waals surface area contributed by atoms with E-state index in [4.69, 9.17) is 5.73 Å². The standard InChI is InChI=1S/C19H16N2O2/c20-18(22)16-7-3-4-13(10-16)12-21-19(23)17-9-8-14-5-1-2-6-15(14)11-17/h1-11H,12H2,(H2,20,22)(H,21,23). The van der Waals surface area contributed by atoms with Crippen LogP contribution in [-0.4, -0.2) is 11.8 Å². The van der Waals surface area contributed by atoms with Crippen molar-refractivity contribution in [3.8, 4) is 0 Å². The summed E-state index contributed by atoms with van der Waals surface area (Å²) in [5.41, 5.74) is 7.12. The molecular weight excluding hydrogens is 288 g/mol. The molecule has 0 radical (unpaired) electrons. The van der Waals surface area contributed by atoms with E-state index in [0.29, 0.717) is 17.7 Å². The summed E-state index contributed by atoms with van der Waals surface area (Å²) in [5.74, 6) is -0.632. The van der Waals surface area contributed by atoms with Crippen LogP contribution in [0.25, 0.3) is 10.8 Å². The zero-order valence-corrected chi connectivity index (χ0v) is 12.5. The number of nitrogens with two attached hydrogens (primary N) is 1. The predicted molar refractivity (Wildman–Crippen MR) is 90.1 cm³/mol. The summed E-state index contributed by atoms with van der Waals surface area (Å²) >= 11 is 0. The Bertz CT molecular complexity index is 887. The fourth-order valence-electron chi connectivity index (χ4n) is 2.45. The number of hydrogen-bond donors (Lipinski definition) is 2. The minimum absolute atomic E-state index is 0.153. The topological polar surface area (TPSA) is 72.2 Å². The van der Waals surface area contributed by atoms with Gasteiger partial charge in [-0.05, 0) is 40.6 Å². The van der Waals surface area contributed by atoms with E-state index in [9.17, 15) is 9.59 Å². The molecule has 0 aliphatic heterocycles. The maximum Gasteiger partial charge on any atom is 0.251 e. The summed E-state index contributed by atoms with van der Waals surface area (Å²) in [6, 6.07) is 20.4. The highest BCUT2D eigenvalue weighted by atomic mass is 16.2. The molecule has 0 heterocycles. The van der Waals surface area contributed by atoms with E-state index in [0.717, 1.165) is 16.3 Å². The SMILES string of the molecule is NC(=O)c1cccc(CNC(=O)c2ccc3ccccc3c2)c1.